The molecule has 0 radical (unpaired) electrons. The molecular weight excluding hydrogens is 192 g/mol. The number of aromatic nitrogens is 3. The van der Waals surface area contributed by atoms with Crippen LogP contribution in [0.5, 0.6) is 0 Å². The second-order valence-corrected chi connectivity index (χ2v) is 3.26. The summed E-state index contributed by atoms with van der Waals surface area (Å²) in [6.45, 7) is 2.47. The van der Waals surface area contributed by atoms with E-state index in [4.69, 9.17) is 5.26 Å². The highest BCUT2D eigenvalue weighted by molar-refractivity contribution is 5.73. The zero-order valence-electron chi connectivity index (χ0n) is 8.56. The normalized spacial score (nSPS) is 10.5. The van der Waals surface area contributed by atoms with Crippen LogP contribution in [0.4, 0.5) is 0 Å². The number of nitrogens with zero attached hydrogens (tertiary/aromatic N) is 4. The van der Waals surface area contributed by atoms with Crippen LogP contribution in [0, 0.1) is 11.3 Å². The smallest absolute Gasteiger partial charge is 0.293 e. The monoisotopic (exact) mass is 202 g/mol. The molecule has 0 unspecified atom stereocenters. The minimum atomic E-state index is -0.102. The number of imidazole rings is 1. The van der Waals surface area contributed by atoms with Gasteiger partial charge in [0.25, 0.3) is 0 Å². The third-order valence-corrected chi connectivity index (χ3v) is 2.43. The first-order valence-corrected chi connectivity index (χ1v) is 4.64. The quantitative estimate of drug-likeness (QED) is 0.681. The first-order valence-electron chi connectivity index (χ1n) is 4.64. The number of hydrogen-bond donors (Lipinski definition) is 0. The largest absolute Gasteiger partial charge is 0.330 e. The lowest BCUT2D eigenvalue weighted by atomic mass is 10.3. The first kappa shape index (κ1) is 9.46. The molecule has 2 aromatic heterocycles. The molecule has 76 valence electrons. The number of aryl methyl sites for hydroxylation is 2. The summed E-state index contributed by atoms with van der Waals surface area (Å²) >= 11 is 0. The van der Waals surface area contributed by atoms with Crippen molar-refractivity contribution in [3.63, 3.8) is 0 Å². The number of rotatable bonds is 1. The third-order valence-electron chi connectivity index (χ3n) is 2.43. The SMILES string of the molecule is CCn1c(=O)n(C)c2cc(C#N)cnc21. The molecule has 0 fully saturated rings. The minimum absolute atomic E-state index is 0.102. The number of hydrogen-bond acceptors (Lipinski definition) is 3. The highest BCUT2D eigenvalue weighted by Crippen LogP contribution is 2.10. The van der Waals surface area contributed by atoms with Gasteiger partial charge in [0.2, 0.25) is 0 Å². The van der Waals surface area contributed by atoms with E-state index in [1.807, 2.05) is 13.0 Å². The molecule has 0 aliphatic carbocycles. The molecule has 0 atom stereocenters. The van der Waals surface area contributed by atoms with Crippen molar-refractivity contribution in [1.29, 1.82) is 5.26 Å². The van der Waals surface area contributed by atoms with Gasteiger partial charge in [-0.3, -0.25) is 9.13 Å². The summed E-state index contributed by atoms with van der Waals surface area (Å²) in [7, 11) is 1.68. The van der Waals surface area contributed by atoms with Gasteiger partial charge in [0.05, 0.1) is 11.1 Å². The summed E-state index contributed by atoms with van der Waals surface area (Å²) in [5.41, 5.74) is 1.69. The van der Waals surface area contributed by atoms with Gasteiger partial charge >= 0.3 is 5.69 Å². The Hall–Kier alpha value is -2.09. The summed E-state index contributed by atoms with van der Waals surface area (Å²) in [4.78, 5) is 15.8. The Morgan fingerprint density at radius 2 is 2.33 bits per heavy atom. The van der Waals surface area contributed by atoms with E-state index in [0.717, 1.165) is 0 Å². The van der Waals surface area contributed by atoms with Gasteiger partial charge in [-0.25, -0.2) is 9.78 Å². The Bertz CT molecular complexity index is 615. The first-order chi connectivity index (χ1) is 7.19. The Balaban J connectivity index is 2.92. The third kappa shape index (κ3) is 1.22. The van der Waals surface area contributed by atoms with Crippen molar-refractivity contribution in [2.45, 2.75) is 13.5 Å². The molecule has 5 nitrogen and oxygen atoms in total. The predicted molar refractivity (Wildman–Crippen MR) is 55.4 cm³/mol. The van der Waals surface area contributed by atoms with E-state index >= 15 is 0 Å². The zero-order chi connectivity index (χ0) is 11.0. The van der Waals surface area contributed by atoms with Crippen LogP contribution in [0.25, 0.3) is 11.2 Å². The van der Waals surface area contributed by atoms with Crippen molar-refractivity contribution < 1.29 is 0 Å². The van der Waals surface area contributed by atoms with Crippen molar-refractivity contribution in [3.05, 3.63) is 28.3 Å². The average Bonchev–Trinajstić information content (AvgIpc) is 2.51. The minimum Gasteiger partial charge on any atom is -0.293 e. The fourth-order valence-electron chi connectivity index (χ4n) is 1.62. The lowest BCUT2D eigenvalue weighted by molar-refractivity contribution is 0.707. The van der Waals surface area contributed by atoms with E-state index in [1.54, 1.807) is 17.7 Å². The van der Waals surface area contributed by atoms with Gasteiger partial charge in [0.1, 0.15) is 6.07 Å². The van der Waals surface area contributed by atoms with E-state index < -0.39 is 0 Å². The Morgan fingerprint density at radius 3 is 2.93 bits per heavy atom. The van der Waals surface area contributed by atoms with Crippen molar-refractivity contribution in [1.82, 2.24) is 14.1 Å². The molecule has 2 rings (SSSR count). The Kier molecular flexibility index (Phi) is 2.05. The van der Waals surface area contributed by atoms with Crippen molar-refractivity contribution in [2.24, 2.45) is 7.05 Å². The van der Waals surface area contributed by atoms with E-state index in [9.17, 15) is 4.79 Å². The molecule has 2 aromatic rings. The van der Waals surface area contributed by atoms with Crippen LogP contribution in [0.1, 0.15) is 12.5 Å². The fraction of sp³-hybridized carbons (Fsp3) is 0.300. The highest BCUT2D eigenvalue weighted by Gasteiger charge is 2.10. The molecule has 0 aromatic carbocycles. The zero-order valence-corrected chi connectivity index (χ0v) is 8.56. The van der Waals surface area contributed by atoms with E-state index in [2.05, 4.69) is 4.98 Å². The number of nitriles is 1. The second-order valence-electron chi connectivity index (χ2n) is 3.26. The van der Waals surface area contributed by atoms with Crippen LogP contribution in [0.2, 0.25) is 0 Å². The van der Waals surface area contributed by atoms with Gasteiger partial charge in [-0.2, -0.15) is 5.26 Å². The molecule has 0 bridgehead atoms. The molecular formula is C10H10N4O. The number of fused-ring (bicyclic) bond motifs is 1. The summed E-state index contributed by atoms with van der Waals surface area (Å²) < 4.78 is 3.09. The molecule has 0 aliphatic heterocycles. The van der Waals surface area contributed by atoms with E-state index in [0.29, 0.717) is 23.3 Å². The standard InChI is InChI=1S/C10H10N4O/c1-3-14-9-8(13(2)10(14)15)4-7(5-11)6-12-9/h4,6H,3H2,1-2H3. The summed E-state index contributed by atoms with van der Waals surface area (Å²) in [6.07, 6.45) is 1.48. The molecule has 0 saturated heterocycles. The van der Waals surface area contributed by atoms with Crippen molar-refractivity contribution in [2.75, 3.05) is 0 Å². The van der Waals surface area contributed by atoms with Gasteiger partial charge in [-0.05, 0) is 13.0 Å². The molecule has 0 amide bonds. The molecule has 0 spiro atoms. The summed E-state index contributed by atoms with van der Waals surface area (Å²) in [5.74, 6) is 0. The van der Waals surface area contributed by atoms with Crippen LogP contribution in [-0.4, -0.2) is 14.1 Å². The predicted octanol–water partition coefficient (Wildman–Crippen LogP) is 0.627. The summed E-state index contributed by atoms with van der Waals surface area (Å²) in [5, 5.41) is 8.74. The summed E-state index contributed by atoms with van der Waals surface area (Å²) in [6, 6.07) is 3.68. The molecule has 0 saturated carbocycles. The van der Waals surface area contributed by atoms with Gasteiger partial charge in [-0.1, -0.05) is 0 Å². The van der Waals surface area contributed by atoms with Crippen molar-refractivity contribution in [3.8, 4) is 6.07 Å². The molecule has 15 heavy (non-hydrogen) atoms. The maximum absolute atomic E-state index is 11.7. The van der Waals surface area contributed by atoms with Crippen LogP contribution in [0.15, 0.2) is 17.1 Å². The highest BCUT2D eigenvalue weighted by atomic mass is 16.1. The topological polar surface area (TPSA) is 63.6 Å². The lowest BCUT2D eigenvalue weighted by Crippen LogP contribution is -2.21. The van der Waals surface area contributed by atoms with Crippen LogP contribution >= 0.6 is 0 Å². The maximum atomic E-state index is 11.7. The Morgan fingerprint density at radius 1 is 1.60 bits per heavy atom. The molecule has 2 heterocycles. The number of pyridine rings is 1. The second kappa shape index (κ2) is 3.24. The molecule has 5 heteroatoms. The van der Waals surface area contributed by atoms with Gasteiger partial charge < -0.3 is 0 Å². The maximum Gasteiger partial charge on any atom is 0.330 e. The molecule has 0 N–H and O–H groups in total. The van der Waals surface area contributed by atoms with Crippen LogP contribution in [0.3, 0.4) is 0 Å². The van der Waals surface area contributed by atoms with Crippen LogP contribution < -0.4 is 5.69 Å². The lowest BCUT2D eigenvalue weighted by Gasteiger charge is -1.95. The average molecular weight is 202 g/mol. The van der Waals surface area contributed by atoms with Crippen LogP contribution in [-0.2, 0) is 13.6 Å². The fourth-order valence-corrected chi connectivity index (χ4v) is 1.62. The van der Waals surface area contributed by atoms with Gasteiger partial charge in [0, 0.05) is 19.8 Å². The van der Waals surface area contributed by atoms with Gasteiger partial charge in [-0.15, -0.1) is 0 Å². The van der Waals surface area contributed by atoms with E-state index in [-0.39, 0.29) is 5.69 Å². The van der Waals surface area contributed by atoms with E-state index in [1.165, 1.54) is 10.8 Å². The van der Waals surface area contributed by atoms with Gasteiger partial charge in [0.15, 0.2) is 5.65 Å². The molecule has 0 aliphatic rings. The Labute approximate surface area is 86.2 Å². The van der Waals surface area contributed by atoms with Crippen molar-refractivity contribution >= 4 is 11.2 Å².